The molecule has 0 unspecified atom stereocenters. The molecule has 26 heavy (non-hydrogen) atoms. The van der Waals surface area contributed by atoms with Crippen LogP contribution in [0.5, 0.6) is 0 Å². The molecule has 2 heterocycles. The third kappa shape index (κ3) is 5.17. The molecule has 2 aromatic heterocycles. The quantitative estimate of drug-likeness (QED) is 0.782. The second kappa shape index (κ2) is 7.71. The molecule has 0 radical (unpaired) electrons. The molecule has 2 aromatic rings. The number of aryl methyl sites for hydroxylation is 3. The summed E-state index contributed by atoms with van der Waals surface area (Å²) in [6, 6.07) is 1.84. The molecule has 0 bridgehead atoms. The summed E-state index contributed by atoms with van der Waals surface area (Å²) in [6.45, 7) is 3.32. The lowest BCUT2D eigenvalue weighted by molar-refractivity contribution is -0.151. The lowest BCUT2D eigenvalue weighted by Crippen LogP contribution is -2.36. The summed E-state index contributed by atoms with van der Waals surface area (Å²) < 4.78 is 42.3. The fourth-order valence-corrected chi connectivity index (χ4v) is 2.50. The van der Waals surface area contributed by atoms with E-state index in [1.54, 1.807) is 9.83 Å². The van der Waals surface area contributed by atoms with Gasteiger partial charge in [0, 0.05) is 23.9 Å². The second-order valence-electron chi connectivity index (χ2n) is 5.87. The van der Waals surface area contributed by atoms with Gasteiger partial charge >= 0.3 is 12.1 Å². The molecule has 142 valence electrons. The summed E-state index contributed by atoms with van der Waals surface area (Å²) in [5, 5.41) is 5.96. The molecule has 7 nitrogen and oxygen atoms in total. The molecule has 0 aromatic carbocycles. The minimum atomic E-state index is -4.51. The lowest BCUT2D eigenvalue weighted by Gasteiger charge is -2.11. The van der Waals surface area contributed by atoms with Gasteiger partial charge in [-0.1, -0.05) is 0 Å². The molecule has 0 spiro atoms. The zero-order valence-corrected chi connectivity index (χ0v) is 14.6. The highest BCUT2D eigenvalue weighted by Crippen LogP contribution is 2.17. The van der Waals surface area contributed by atoms with E-state index in [0.717, 1.165) is 22.6 Å². The number of hydrogen-bond donors (Lipinski definition) is 1. The Kier molecular flexibility index (Phi) is 5.83. The molecule has 0 aliphatic carbocycles. The summed E-state index contributed by atoms with van der Waals surface area (Å²) >= 11 is 0. The highest BCUT2D eigenvalue weighted by atomic mass is 19.4. The Bertz CT molecular complexity index is 830. The molecule has 1 N–H and O–H groups in total. The average Bonchev–Trinajstić information content (AvgIpc) is 2.90. The summed E-state index contributed by atoms with van der Waals surface area (Å²) in [4.78, 5) is 27.4. The van der Waals surface area contributed by atoms with Crippen molar-refractivity contribution in [2.24, 2.45) is 0 Å². The van der Waals surface area contributed by atoms with Crippen LogP contribution in [0.3, 0.4) is 0 Å². The van der Waals surface area contributed by atoms with Crippen LogP contribution in [0.1, 0.15) is 29.1 Å². The van der Waals surface area contributed by atoms with Crippen molar-refractivity contribution < 1.29 is 27.5 Å². The van der Waals surface area contributed by atoms with Crippen molar-refractivity contribution in [2.45, 2.75) is 39.8 Å². The van der Waals surface area contributed by atoms with Crippen LogP contribution in [-0.2, 0) is 20.7 Å². The first kappa shape index (κ1) is 19.7. The van der Waals surface area contributed by atoms with E-state index in [0.29, 0.717) is 12.1 Å². The fraction of sp³-hybridized carbons (Fsp3) is 0.500. The third-order valence-electron chi connectivity index (χ3n) is 3.72. The number of fused-ring (bicyclic) bond motifs is 1. The van der Waals surface area contributed by atoms with Crippen LogP contribution >= 0.6 is 0 Å². The number of alkyl halides is 3. The molecule has 0 atom stereocenters. The van der Waals surface area contributed by atoms with Crippen LogP contribution in [-0.4, -0.2) is 45.8 Å². The number of nitrogens with zero attached hydrogens (tertiary/aromatic N) is 3. The van der Waals surface area contributed by atoms with Crippen molar-refractivity contribution in [3.63, 3.8) is 0 Å². The zero-order valence-electron chi connectivity index (χ0n) is 14.6. The van der Waals surface area contributed by atoms with Crippen molar-refractivity contribution in [3.05, 3.63) is 28.7 Å². The van der Waals surface area contributed by atoms with Crippen LogP contribution in [0.4, 0.5) is 13.2 Å². The van der Waals surface area contributed by atoms with Crippen LogP contribution in [0.25, 0.3) is 5.65 Å². The van der Waals surface area contributed by atoms with Gasteiger partial charge in [-0.15, -0.1) is 0 Å². The smallest absolute Gasteiger partial charge is 0.405 e. The van der Waals surface area contributed by atoms with Gasteiger partial charge in [0.1, 0.15) is 6.54 Å². The van der Waals surface area contributed by atoms with Gasteiger partial charge in [0.25, 0.3) is 5.91 Å². The highest BCUT2D eigenvalue weighted by Gasteiger charge is 2.27. The van der Waals surface area contributed by atoms with Gasteiger partial charge in [-0.25, -0.2) is 9.50 Å². The van der Waals surface area contributed by atoms with Crippen molar-refractivity contribution in [3.8, 4) is 0 Å². The lowest BCUT2D eigenvalue weighted by atomic mass is 10.1. The highest BCUT2D eigenvalue weighted by molar-refractivity contribution is 5.80. The summed E-state index contributed by atoms with van der Waals surface area (Å²) in [7, 11) is 0. The second-order valence-corrected chi connectivity index (χ2v) is 5.87. The average molecular weight is 372 g/mol. The SMILES string of the molecule is Cc1cc2nc(C)c(CCC(=O)OCC(=O)NCC(F)(F)F)c(C)n2n1. The van der Waals surface area contributed by atoms with Gasteiger partial charge in [0.2, 0.25) is 0 Å². The van der Waals surface area contributed by atoms with Crippen molar-refractivity contribution >= 4 is 17.5 Å². The number of esters is 1. The first-order valence-corrected chi connectivity index (χ1v) is 7.88. The molecule has 2 rings (SSSR count). The molecule has 1 amide bonds. The summed E-state index contributed by atoms with van der Waals surface area (Å²) in [5.74, 6) is -1.68. The van der Waals surface area contributed by atoms with Crippen molar-refractivity contribution in [2.75, 3.05) is 13.2 Å². The first-order valence-electron chi connectivity index (χ1n) is 7.88. The Morgan fingerprint density at radius 2 is 1.96 bits per heavy atom. The first-order chi connectivity index (χ1) is 12.1. The topological polar surface area (TPSA) is 85.6 Å². The monoisotopic (exact) mass is 372 g/mol. The van der Waals surface area contributed by atoms with Crippen LogP contribution in [0, 0.1) is 20.8 Å². The normalized spacial score (nSPS) is 11.6. The van der Waals surface area contributed by atoms with Crippen LogP contribution < -0.4 is 5.32 Å². The van der Waals surface area contributed by atoms with Crippen LogP contribution in [0.15, 0.2) is 6.07 Å². The maximum Gasteiger partial charge on any atom is 0.405 e. The maximum atomic E-state index is 12.0. The van der Waals surface area contributed by atoms with E-state index in [4.69, 9.17) is 4.74 Å². The fourth-order valence-electron chi connectivity index (χ4n) is 2.50. The third-order valence-corrected chi connectivity index (χ3v) is 3.72. The largest absolute Gasteiger partial charge is 0.456 e. The molecule has 0 fully saturated rings. The Balaban J connectivity index is 1.89. The zero-order chi connectivity index (χ0) is 19.5. The summed E-state index contributed by atoms with van der Waals surface area (Å²) in [6.07, 6.45) is -4.21. The van der Waals surface area contributed by atoms with Gasteiger partial charge < -0.3 is 10.1 Å². The van der Waals surface area contributed by atoms with Gasteiger partial charge in [0.05, 0.1) is 5.69 Å². The van der Waals surface area contributed by atoms with Gasteiger partial charge in [-0.3, -0.25) is 9.59 Å². The van der Waals surface area contributed by atoms with E-state index in [2.05, 4.69) is 10.1 Å². The Morgan fingerprint density at radius 1 is 1.27 bits per heavy atom. The molecule has 0 aliphatic heterocycles. The van der Waals surface area contributed by atoms with Crippen LogP contribution in [0.2, 0.25) is 0 Å². The van der Waals surface area contributed by atoms with E-state index in [-0.39, 0.29) is 6.42 Å². The molecule has 0 aliphatic rings. The van der Waals surface area contributed by atoms with E-state index in [1.807, 2.05) is 26.8 Å². The molecular weight excluding hydrogens is 353 g/mol. The van der Waals surface area contributed by atoms with Crippen molar-refractivity contribution in [1.29, 1.82) is 0 Å². The van der Waals surface area contributed by atoms with Gasteiger partial charge in [-0.05, 0) is 32.8 Å². The molecule has 10 heteroatoms. The number of hydrogen-bond acceptors (Lipinski definition) is 5. The number of aromatic nitrogens is 3. The predicted octanol–water partition coefficient (Wildman–Crippen LogP) is 1.81. The Hall–Kier alpha value is -2.65. The maximum absolute atomic E-state index is 12.0. The number of amides is 1. The van der Waals surface area contributed by atoms with Gasteiger partial charge in [0.15, 0.2) is 12.3 Å². The predicted molar refractivity (Wildman–Crippen MR) is 85.5 cm³/mol. The molecule has 0 saturated carbocycles. The number of ether oxygens (including phenoxy) is 1. The summed E-state index contributed by atoms with van der Waals surface area (Å²) in [5.41, 5.74) is 3.97. The van der Waals surface area contributed by atoms with E-state index in [9.17, 15) is 22.8 Å². The Labute approximate surface area is 147 Å². The Morgan fingerprint density at radius 3 is 2.62 bits per heavy atom. The number of nitrogens with one attached hydrogen (secondary N) is 1. The van der Waals surface area contributed by atoms with E-state index in [1.165, 1.54) is 0 Å². The number of carbonyl (C=O) groups is 2. The van der Waals surface area contributed by atoms with E-state index < -0.39 is 31.2 Å². The minimum Gasteiger partial charge on any atom is -0.456 e. The molecular formula is C16H19F3N4O3. The van der Waals surface area contributed by atoms with E-state index >= 15 is 0 Å². The minimum absolute atomic E-state index is 0.0261. The molecule has 0 saturated heterocycles. The standard InChI is InChI=1S/C16H19F3N4O3/c1-9-6-13-21-10(2)12(11(3)23(13)22-9)4-5-15(25)26-7-14(24)20-8-16(17,18)19/h6H,4-5,7-8H2,1-3H3,(H,20,24). The van der Waals surface area contributed by atoms with Crippen molar-refractivity contribution in [1.82, 2.24) is 19.9 Å². The number of rotatable bonds is 6. The van der Waals surface area contributed by atoms with Gasteiger partial charge in [-0.2, -0.15) is 18.3 Å². The number of halogens is 3. The number of carbonyl (C=O) groups excluding carboxylic acids is 2.